The minimum Gasteiger partial charge on any atom is -0.354 e. The topological polar surface area (TPSA) is 72.2 Å². The molecule has 1 amide bonds. The SMILES string of the molecule is CCN(CC)CCCNC(=O)[C@H](C)n1c2ccccc2c2cnn(C)c(=O)c21. The molecule has 0 saturated carbocycles. The number of aryl methyl sites for hydroxylation is 1. The van der Waals surface area contributed by atoms with Crippen molar-refractivity contribution >= 4 is 27.7 Å². The number of nitrogens with one attached hydrogen (secondary N) is 1. The Labute approximate surface area is 164 Å². The fraction of sp³-hybridized carbons (Fsp3) is 0.476. The maximum atomic E-state index is 12.8. The Hall–Kier alpha value is -2.67. The van der Waals surface area contributed by atoms with E-state index in [1.807, 2.05) is 35.8 Å². The largest absolute Gasteiger partial charge is 0.354 e. The third-order valence-electron chi connectivity index (χ3n) is 5.42. The van der Waals surface area contributed by atoms with Crippen molar-refractivity contribution in [1.29, 1.82) is 0 Å². The first-order valence-corrected chi connectivity index (χ1v) is 9.94. The van der Waals surface area contributed by atoms with Crippen molar-refractivity contribution in [3.8, 4) is 0 Å². The van der Waals surface area contributed by atoms with E-state index in [-0.39, 0.29) is 11.5 Å². The van der Waals surface area contributed by atoms with E-state index in [1.54, 1.807) is 13.2 Å². The van der Waals surface area contributed by atoms with Gasteiger partial charge in [0.1, 0.15) is 11.6 Å². The first-order chi connectivity index (χ1) is 13.5. The highest BCUT2D eigenvalue weighted by molar-refractivity contribution is 6.08. The molecule has 2 aromatic heterocycles. The summed E-state index contributed by atoms with van der Waals surface area (Å²) in [6.45, 7) is 9.73. The highest BCUT2D eigenvalue weighted by Gasteiger charge is 2.22. The molecule has 7 heteroatoms. The van der Waals surface area contributed by atoms with Crippen molar-refractivity contribution in [2.45, 2.75) is 33.2 Å². The van der Waals surface area contributed by atoms with E-state index in [0.717, 1.165) is 42.3 Å². The molecule has 0 aliphatic rings. The summed E-state index contributed by atoms with van der Waals surface area (Å²) >= 11 is 0. The zero-order valence-electron chi connectivity index (χ0n) is 17.1. The second-order valence-electron chi connectivity index (χ2n) is 7.07. The monoisotopic (exact) mass is 383 g/mol. The van der Waals surface area contributed by atoms with Gasteiger partial charge in [0.25, 0.3) is 5.56 Å². The summed E-state index contributed by atoms with van der Waals surface area (Å²) in [4.78, 5) is 28.0. The number of para-hydroxylation sites is 1. The molecule has 3 rings (SSSR count). The lowest BCUT2D eigenvalue weighted by Crippen LogP contribution is -2.34. The molecule has 28 heavy (non-hydrogen) atoms. The fourth-order valence-corrected chi connectivity index (χ4v) is 3.71. The molecule has 0 spiro atoms. The van der Waals surface area contributed by atoms with E-state index in [9.17, 15) is 9.59 Å². The molecule has 1 aromatic carbocycles. The van der Waals surface area contributed by atoms with Gasteiger partial charge in [-0.25, -0.2) is 4.68 Å². The molecule has 2 heterocycles. The molecule has 0 aliphatic carbocycles. The number of hydrogen-bond donors (Lipinski definition) is 1. The van der Waals surface area contributed by atoms with Crippen LogP contribution in [0.5, 0.6) is 0 Å². The van der Waals surface area contributed by atoms with Crippen LogP contribution in [0, 0.1) is 0 Å². The van der Waals surface area contributed by atoms with Gasteiger partial charge >= 0.3 is 0 Å². The number of carbonyl (C=O) groups is 1. The lowest BCUT2D eigenvalue weighted by atomic mass is 10.2. The van der Waals surface area contributed by atoms with Crippen molar-refractivity contribution in [1.82, 2.24) is 24.6 Å². The van der Waals surface area contributed by atoms with Crippen LogP contribution in [-0.2, 0) is 11.8 Å². The molecule has 1 atom stereocenters. The first-order valence-electron chi connectivity index (χ1n) is 9.94. The molecule has 150 valence electrons. The molecule has 1 N–H and O–H groups in total. The van der Waals surface area contributed by atoms with Crippen LogP contribution in [-0.4, -0.2) is 51.3 Å². The van der Waals surface area contributed by atoms with Gasteiger partial charge in [-0.2, -0.15) is 5.10 Å². The summed E-state index contributed by atoms with van der Waals surface area (Å²) in [7, 11) is 1.63. The van der Waals surface area contributed by atoms with Gasteiger partial charge in [0.15, 0.2) is 0 Å². The molecule has 3 aromatic rings. The van der Waals surface area contributed by atoms with E-state index in [0.29, 0.717) is 12.1 Å². The lowest BCUT2D eigenvalue weighted by molar-refractivity contribution is -0.123. The van der Waals surface area contributed by atoms with Gasteiger partial charge < -0.3 is 14.8 Å². The second-order valence-corrected chi connectivity index (χ2v) is 7.07. The number of rotatable bonds is 8. The van der Waals surface area contributed by atoms with Crippen molar-refractivity contribution in [3.05, 3.63) is 40.8 Å². The summed E-state index contributed by atoms with van der Waals surface area (Å²) in [5, 5.41) is 8.89. The van der Waals surface area contributed by atoms with Crippen molar-refractivity contribution < 1.29 is 4.79 Å². The number of fused-ring (bicyclic) bond motifs is 3. The predicted molar refractivity (Wildman–Crippen MR) is 113 cm³/mol. The van der Waals surface area contributed by atoms with E-state index in [1.165, 1.54) is 4.68 Å². The van der Waals surface area contributed by atoms with E-state index < -0.39 is 6.04 Å². The van der Waals surface area contributed by atoms with Gasteiger partial charge in [-0.15, -0.1) is 0 Å². The minimum atomic E-state index is -0.494. The van der Waals surface area contributed by atoms with Crippen LogP contribution in [0.2, 0.25) is 0 Å². The van der Waals surface area contributed by atoms with E-state index in [4.69, 9.17) is 0 Å². The van der Waals surface area contributed by atoms with Crippen LogP contribution in [0.4, 0.5) is 0 Å². The van der Waals surface area contributed by atoms with Crippen molar-refractivity contribution in [2.24, 2.45) is 7.05 Å². The Bertz CT molecular complexity index is 1030. The van der Waals surface area contributed by atoms with Crippen LogP contribution < -0.4 is 10.9 Å². The summed E-state index contributed by atoms with van der Waals surface area (Å²) < 4.78 is 3.15. The molecule has 0 fully saturated rings. The van der Waals surface area contributed by atoms with E-state index >= 15 is 0 Å². The second kappa shape index (κ2) is 8.56. The minimum absolute atomic E-state index is 0.0823. The number of aromatic nitrogens is 3. The van der Waals surface area contributed by atoms with Crippen molar-refractivity contribution in [2.75, 3.05) is 26.2 Å². The summed E-state index contributed by atoms with van der Waals surface area (Å²) in [5.41, 5.74) is 1.19. The zero-order chi connectivity index (χ0) is 20.3. The average molecular weight is 383 g/mol. The Morgan fingerprint density at radius 2 is 1.93 bits per heavy atom. The highest BCUT2D eigenvalue weighted by Crippen LogP contribution is 2.29. The normalized spacial score (nSPS) is 12.8. The van der Waals surface area contributed by atoms with Crippen LogP contribution in [0.25, 0.3) is 21.8 Å². The summed E-state index contributed by atoms with van der Waals surface area (Å²) in [6.07, 6.45) is 2.60. The number of amides is 1. The van der Waals surface area contributed by atoms with Crippen LogP contribution in [0.3, 0.4) is 0 Å². The predicted octanol–water partition coefficient (Wildman–Crippen LogP) is 2.30. The maximum absolute atomic E-state index is 12.8. The number of carbonyl (C=O) groups excluding carboxylic acids is 1. The Morgan fingerprint density at radius 1 is 1.21 bits per heavy atom. The molecule has 0 bridgehead atoms. The quantitative estimate of drug-likeness (QED) is 0.606. The number of nitrogens with zero attached hydrogens (tertiary/aromatic N) is 4. The van der Waals surface area contributed by atoms with Gasteiger partial charge in [-0.1, -0.05) is 32.0 Å². The van der Waals surface area contributed by atoms with Gasteiger partial charge in [-0.3, -0.25) is 9.59 Å². The van der Waals surface area contributed by atoms with Gasteiger partial charge in [-0.05, 0) is 39.0 Å². The Balaban J connectivity index is 1.88. The zero-order valence-corrected chi connectivity index (χ0v) is 17.1. The molecular weight excluding hydrogens is 354 g/mol. The Morgan fingerprint density at radius 3 is 2.64 bits per heavy atom. The highest BCUT2D eigenvalue weighted by atomic mass is 16.2. The van der Waals surface area contributed by atoms with Crippen LogP contribution in [0.1, 0.15) is 33.2 Å². The molecule has 7 nitrogen and oxygen atoms in total. The van der Waals surface area contributed by atoms with Crippen LogP contribution >= 0.6 is 0 Å². The molecule has 0 radical (unpaired) electrons. The lowest BCUT2D eigenvalue weighted by Gasteiger charge is -2.19. The summed E-state index contributed by atoms with van der Waals surface area (Å²) in [6, 6.07) is 7.26. The first kappa shape index (κ1) is 20.1. The van der Waals surface area contributed by atoms with Gasteiger partial charge in [0, 0.05) is 24.4 Å². The molecule has 0 saturated heterocycles. The van der Waals surface area contributed by atoms with Crippen molar-refractivity contribution in [3.63, 3.8) is 0 Å². The molecular formula is C21H29N5O2. The van der Waals surface area contributed by atoms with E-state index in [2.05, 4.69) is 29.2 Å². The number of hydrogen-bond acceptors (Lipinski definition) is 4. The summed E-state index contributed by atoms with van der Waals surface area (Å²) in [5.74, 6) is -0.0823. The Kier molecular flexibility index (Phi) is 6.14. The standard InChI is InChI=1S/C21H29N5O2/c1-5-25(6-2)13-9-12-22-20(27)15(3)26-18-11-8-7-10-16(18)17-14-23-24(4)21(28)19(17)26/h7-8,10-11,14-15H,5-6,9,12-13H2,1-4H3,(H,22,27)/t15-/m0/s1. The van der Waals surface area contributed by atoms with Crippen LogP contribution in [0.15, 0.2) is 35.3 Å². The fourth-order valence-electron chi connectivity index (χ4n) is 3.71. The molecule has 0 aliphatic heterocycles. The van der Waals surface area contributed by atoms with Gasteiger partial charge in [0.2, 0.25) is 5.91 Å². The third kappa shape index (κ3) is 3.67. The third-order valence-corrected chi connectivity index (χ3v) is 5.42. The number of benzene rings is 1. The smallest absolute Gasteiger partial charge is 0.291 e. The average Bonchev–Trinajstić information content (AvgIpc) is 3.05. The molecule has 0 unspecified atom stereocenters. The van der Waals surface area contributed by atoms with Gasteiger partial charge in [0.05, 0.1) is 11.7 Å². The maximum Gasteiger partial charge on any atom is 0.291 e.